The number of methoxy groups -OCH3 is 4. The fourth-order valence-electron chi connectivity index (χ4n) is 15.1. The van der Waals surface area contributed by atoms with Crippen molar-refractivity contribution in [1.29, 1.82) is 0 Å². The predicted molar refractivity (Wildman–Crippen MR) is 517 cm³/mol. The lowest BCUT2D eigenvalue weighted by molar-refractivity contribution is 0.0918. The number of amides is 1. The molecule has 14 heterocycles. The zero-order chi connectivity index (χ0) is 96.6. The fraction of sp³-hybridized carbons (Fsp3) is 0.126. The number of nitrogens with zero attached hydrogens (tertiary/aromatic N) is 21. The second-order valence-electron chi connectivity index (χ2n) is 31.0. The fourth-order valence-corrected chi connectivity index (χ4v) is 15.4. The summed E-state index contributed by atoms with van der Waals surface area (Å²) in [7, 11) is 8.26. The Bertz CT molecular complexity index is 7630. The van der Waals surface area contributed by atoms with Crippen molar-refractivity contribution >= 4 is 69.1 Å². The second kappa shape index (κ2) is 42.7. The van der Waals surface area contributed by atoms with E-state index < -0.39 is 11.6 Å². The van der Waals surface area contributed by atoms with Crippen LogP contribution >= 0.6 is 23.2 Å². The molecule has 0 bridgehead atoms. The van der Waals surface area contributed by atoms with Crippen LogP contribution < -0.4 is 29.6 Å². The van der Waals surface area contributed by atoms with E-state index in [4.69, 9.17) is 60.3 Å². The maximum absolute atomic E-state index is 13.8. The number of fused-ring (bicyclic) bond motifs is 3. The van der Waals surface area contributed by atoms with E-state index in [0.29, 0.717) is 148 Å². The van der Waals surface area contributed by atoms with Crippen LogP contribution in [0.2, 0.25) is 10.0 Å². The third-order valence-electron chi connectivity index (χ3n) is 22.1. The number of benzene rings is 6. The molecule has 0 radical (unpaired) electrons. The van der Waals surface area contributed by atoms with Gasteiger partial charge in [0.05, 0.1) is 127 Å². The zero-order valence-electron chi connectivity index (χ0n) is 75.0. The molecule has 28 nitrogen and oxygen atoms in total. The summed E-state index contributed by atoms with van der Waals surface area (Å²) in [6, 6.07) is 55.3. The minimum atomic E-state index is -0.489. The summed E-state index contributed by atoms with van der Waals surface area (Å²) < 4.78 is 93.9. The topological polar surface area (TPSA) is 297 Å². The number of halogens is 7. The quantitative estimate of drug-likeness (QED) is 0.0596. The number of nitrogens with one attached hydrogen (secondary N) is 2. The normalized spacial score (nSPS) is 11.7. The van der Waals surface area contributed by atoms with Crippen LogP contribution in [0.3, 0.4) is 0 Å². The van der Waals surface area contributed by atoms with Crippen molar-refractivity contribution in [2.75, 3.05) is 53.9 Å². The number of rotatable bonds is 18. The van der Waals surface area contributed by atoms with Crippen molar-refractivity contribution in [1.82, 2.24) is 98.9 Å². The predicted octanol–water partition coefficient (Wildman–Crippen LogP) is 22.4. The highest BCUT2D eigenvalue weighted by molar-refractivity contribution is 6.31. The van der Waals surface area contributed by atoms with E-state index in [9.17, 15) is 26.7 Å². The lowest BCUT2D eigenvalue weighted by Crippen LogP contribution is -2.43. The zero-order valence-corrected chi connectivity index (χ0v) is 76.5. The van der Waals surface area contributed by atoms with E-state index in [-0.39, 0.29) is 39.4 Å². The van der Waals surface area contributed by atoms with Crippen LogP contribution in [0.5, 0.6) is 23.3 Å². The van der Waals surface area contributed by atoms with Gasteiger partial charge in [-0.3, -0.25) is 29.7 Å². The highest BCUT2D eigenvalue weighted by Crippen LogP contribution is 2.43. The lowest BCUT2D eigenvalue weighted by atomic mass is 10.0. The van der Waals surface area contributed by atoms with E-state index in [1.54, 1.807) is 221 Å². The van der Waals surface area contributed by atoms with E-state index in [1.807, 2.05) is 60.7 Å². The number of anilines is 2. The van der Waals surface area contributed by atoms with Crippen LogP contribution in [0, 0.1) is 63.0 Å². The molecule has 138 heavy (non-hydrogen) atoms. The number of carbonyl (C=O) groups is 1. The minimum Gasteiger partial charge on any atom is -0.493 e. The van der Waals surface area contributed by atoms with Crippen LogP contribution in [0.4, 0.5) is 45.0 Å². The number of likely N-dealkylation sites (tertiary alicyclic amines) is 1. The number of ether oxygens (including phenoxy) is 4. The van der Waals surface area contributed by atoms with Crippen molar-refractivity contribution < 1.29 is 45.7 Å². The average molecular weight is 1890 g/mol. The van der Waals surface area contributed by atoms with Crippen molar-refractivity contribution in [3.63, 3.8) is 0 Å². The highest BCUT2D eigenvalue weighted by Gasteiger charge is 2.26. The molecule has 6 aromatic carbocycles. The monoisotopic (exact) mass is 1880 g/mol. The first kappa shape index (κ1) is 93.9. The maximum Gasteiger partial charge on any atom is 0.316 e. The molecule has 35 heteroatoms. The van der Waals surface area contributed by atoms with Gasteiger partial charge in [-0.1, -0.05) is 23.2 Å². The highest BCUT2D eigenvalue weighted by atomic mass is 35.5. The lowest BCUT2D eigenvalue weighted by Gasteiger charge is -2.29. The Hall–Kier alpha value is -17.3. The molecule has 686 valence electrons. The second-order valence-corrected chi connectivity index (χ2v) is 31.8. The Kier molecular flexibility index (Phi) is 29.1. The molecule has 1 aliphatic heterocycles. The van der Waals surface area contributed by atoms with Gasteiger partial charge in [-0.25, -0.2) is 75.1 Å². The van der Waals surface area contributed by atoms with E-state index >= 15 is 0 Å². The van der Waals surface area contributed by atoms with Gasteiger partial charge in [0, 0.05) is 141 Å². The Labute approximate surface area is 797 Å². The van der Waals surface area contributed by atoms with Crippen molar-refractivity contribution in [2.24, 2.45) is 0 Å². The first-order valence-corrected chi connectivity index (χ1v) is 43.3. The average Bonchev–Trinajstić information content (AvgIpc) is 1.37. The van der Waals surface area contributed by atoms with Crippen LogP contribution in [0.1, 0.15) is 39.9 Å². The summed E-state index contributed by atoms with van der Waals surface area (Å²) in [6.07, 6.45) is 23.3. The molecule has 0 saturated carbocycles. The van der Waals surface area contributed by atoms with E-state index in [0.717, 1.165) is 76.1 Å². The standard InChI is InChI=1S/C25H23FN4O3.C24H22ClFN6O.C19H12FN5.C18H9ClFN5.C17H14FN3O/c1-15-12-16(7-8-19(15)26)23-18(6-5-10-27-23)20-9-11-28-25(30-20)29-17-13-21(31-2)24(33-4)22(14-17)32-3;1-31-10-6-16(7-11-31)29-24(33)18-14-28-32-12-8-21(30-23(18)32)17-3-2-9-27-22(17)15-4-5-20(26)19(25)13-15;1-12-10-13(5-6-15(12)20)18-14(4-3-8-22-18)16-7-9-25-19(24-16)17(21-2)11-23-25;1-21-16-10-23-25-8-6-15(24-18(16)25)12-3-2-7-22-17(12)11-4-5-14(20)13(19)9-11;1-11-10-12(5-6-14(11)18)16-13(4-3-8-19-16)15-7-9-20-17(21-15)22-2/h5-14H,1-4H3,(H,28,29,30);2-5,8-9,12-14,16H,6-7,10-11H2,1H3,(H,29,33);3-11H,1H3;2-10H;3-10H,1-2H3. The van der Waals surface area contributed by atoms with Gasteiger partial charge in [0.25, 0.3) is 5.91 Å². The van der Waals surface area contributed by atoms with Gasteiger partial charge in [0.1, 0.15) is 34.6 Å². The molecule has 0 aliphatic carbocycles. The van der Waals surface area contributed by atoms with Gasteiger partial charge in [0.15, 0.2) is 28.4 Å². The molecule has 1 fully saturated rings. The molecular formula is C103H80Cl2F5N23O5. The molecule has 1 aliphatic rings. The number of hydrogen-bond donors (Lipinski definition) is 2. The van der Waals surface area contributed by atoms with Crippen LogP contribution in [0.25, 0.3) is 139 Å². The first-order chi connectivity index (χ1) is 67.0. The van der Waals surface area contributed by atoms with E-state index in [1.165, 1.54) is 55.9 Å². The van der Waals surface area contributed by atoms with Gasteiger partial charge < -0.3 is 34.5 Å². The summed E-state index contributed by atoms with van der Waals surface area (Å²) in [4.78, 5) is 75.6. The molecule has 13 aromatic heterocycles. The largest absolute Gasteiger partial charge is 0.493 e. The third kappa shape index (κ3) is 21.2. The molecule has 0 unspecified atom stereocenters. The summed E-state index contributed by atoms with van der Waals surface area (Å²) in [5, 5.41) is 18.9. The third-order valence-corrected chi connectivity index (χ3v) is 22.7. The minimum absolute atomic E-state index is 0.0242. The summed E-state index contributed by atoms with van der Waals surface area (Å²) in [6.45, 7) is 21.5. The SMILES string of the molecule is CN1CCC(NC(=O)c2cnn3ccc(-c4cccnc4-c4ccc(F)c(Cl)c4)nc23)CC1.COc1cc(Nc2nccc(-c3cccnc3-c3ccc(F)c(C)c3)n2)cc(OC)c1OC.COc1nccc(-c2cccnc2-c2ccc(F)c(C)c2)n1.[C-]#[N+]c1cnn2ccc(-c3cccnc3-c3ccc(F)c(C)c3)nc12.[C-]#[N+]c1cnn2ccc(-c3cccnc3-c3ccc(F)c(Cl)c3)nc12. The van der Waals surface area contributed by atoms with Gasteiger partial charge >= 0.3 is 6.01 Å². The number of aryl methyl sites for hydroxylation is 3. The number of carbonyl (C=O) groups excluding carboxylic acids is 1. The summed E-state index contributed by atoms with van der Waals surface area (Å²) in [5.74, 6) is 0.0122. The van der Waals surface area contributed by atoms with E-state index in [2.05, 4.69) is 102 Å². The van der Waals surface area contributed by atoms with Crippen LogP contribution in [-0.4, -0.2) is 154 Å². The molecule has 1 saturated heterocycles. The molecular weight excluding hydrogens is 1810 g/mol. The van der Waals surface area contributed by atoms with Gasteiger partial charge in [-0.2, -0.15) is 20.3 Å². The van der Waals surface area contributed by atoms with Crippen molar-refractivity contribution in [2.45, 2.75) is 39.7 Å². The Morgan fingerprint density at radius 2 is 0.768 bits per heavy atom. The number of piperidine rings is 1. The number of pyridine rings is 5. The number of aromatic nitrogens is 18. The molecule has 1 amide bonds. The number of hydrogen-bond acceptors (Lipinski definition) is 22. The Morgan fingerprint density at radius 3 is 1.14 bits per heavy atom. The van der Waals surface area contributed by atoms with Crippen LogP contribution in [0.15, 0.2) is 275 Å². The van der Waals surface area contributed by atoms with Gasteiger partial charge in [0.2, 0.25) is 23.1 Å². The molecule has 2 N–H and O–H groups in total. The van der Waals surface area contributed by atoms with Crippen molar-refractivity contribution in [3.05, 3.63) is 359 Å². The molecule has 19 aromatic rings. The molecule has 20 rings (SSSR count). The van der Waals surface area contributed by atoms with Crippen LogP contribution in [-0.2, 0) is 0 Å². The summed E-state index contributed by atoms with van der Waals surface area (Å²) in [5.41, 5.74) is 19.5. The van der Waals surface area contributed by atoms with Crippen molar-refractivity contribution in [3.8, 4) is 136 Å². The first-order valence-electron chi connectivity index (χ1n) is 42.6. The maximum atomic E-state index is 13.8. The Morgan fingerprint density at radius 1 is 0.406 bits per heavy atom. The smallest absolute Gasteiger partial charge is 0.316 e. The molecule has 0 atom stereocenters. The van der Waals surface area contributed by atoms with Gasteiger partial charge in [-0.05, 0) is 252 Å². The summed E-state index contributed by atoms with van der Waals surface area (Å²) >= 11 is 11.9. The molecule has 0 spiro atoms. The Balaban J connectivity index is 0.000000126. The van der Waals surface area contributed by atoms with Gasteiger partial charge in [-0.15, -0.1) is 0 Å².